The van der Waals surface area contributed by atoms with E-state index in [4.69, 9.17) is 27.9 Å². The van der Waals surface area contributed by atoms with E-state index in [0.29, 0.717) is 27.3 Å². The van der Waals surface area contributed by atoms with Crippen LogP contribution in [0.25, 0.3) is 0 Å². The van der Waals surface area contributed by atoms with Crippen LogP contribution in [0.15, 0.2) is 36.4 Å². The molecule has 1 heterocycles. The summed E-state index contributed by atoms with van der Waals surface area (Å²) in [5.74, 6) is 0.533. The highest BCUT2D eigenvalue weighted by Gasteiger charge is 2.04. The van der Waals surface area contributed by atoms with Crippen LogP contribution >= 0.6 is 23.2 Å². The van der Waals surface area contributed by atoms with Crippen molar-refractivity contribution in [1.82, 2.24) is 4.98 Å². The summed E-state index contributed by atoms with van der Waals surface area (Å²) in [6.07, 6.45) is 0. The maximum atomic E-state index is 10.9. The lowest BCUT2D eigenvalue weighted by molar-refractivity contribution is -0.114. The Morgan fingerprint density at radius 2 is 1.90 bits per heavy atom. The van der Waals surface area contributed by atoms with Crippen LogP contribution in [-0.2, 0) is 11.4 Å². The number of carbonyl (C=O) groups excluding carboxylic acids is 1. The van der Waals surface area contributed by atoms with Crippen molar-refractivity contribution in [2.24, 2.45) is 0 Å². The molecule has 0 spiro atoms. The topological polar surface area (TPSA) is 51.2 Å². The Bertz CT molecular complexity index is 615. The number of nitrogens with one attached hydrogen (secondary N) is 1. The molecule has 2 aromatic rings. The van der Waals surface area contributed by atoms with Gasteiger partial charge in [-0.05, 0) is 36.4 Å². The molecule has 0 bridgehead atoms. The molecule has 6 heteroatoms. The quantitative estimate of drug-likeness (QED) is 0.871. The minimum atomic E-state index is -0.117. The highest BCUT2D eigenvalue weighted by molar-refractivity contribution is 6.32. The van der Waals surface area contributed by atoms with Gasteiger partial charge in [0.2, 0.25) is 5.91 Å². The number of nitrogens with zero attached hydrogens (tertiary/aromatic N) is 1. The van der Waals surface area contributed by atoms with Crippen LogP contribution in [0, 0.1) is 0 Å². The van der Waals surface area contributed by atoms with Crippen LogP contribution in [0.5, 0.6) is 5.75 Å². The van der Waals surface area contributed by atoms with E-state index >= 15 is 0 Å². The summed E-state index contributed by atoms with van der Waals surface area (Å²) in [7, 11) is 0. The van der Waals surface area contributed by atoms with Gasteiger partial charge in [-0.25, -0.2) is 4.98 Å². The van der Waals surface area contributed by atoms with E-state index in [1.54, 1.807) is 36.4 Å². The van der Waals surface area contributed by atoms with Gasteiger partial charge in [0.05, 0.1) is 10.7 Å². The molecular formula is C14H12Cl2N2O2. The maximum absolute atomic E-state index is 10.9. The van der Waals surface area contributed by atoms with E-state index < -0.39 is 0 Å². The second kappa shape index (κ2) is 6.59. The molecule has 1 amide bonds. The zero-order chi connectivity index (χ0) is 14.5. The molecule has 1 aromatic heterocycles. The van der Waals surface area contributed by atoms with Gasteiger partial charge in [-0.3, -0.25) is 4.79 Å². The van der Waals surface area contributed by atoms with Crippen molar-refractivity contribution in [2.75, 3.05) is 5.32 Å². The van der Waals surface area contributed by atoms with Gasteiger partial charge in [0.15, 0.2) is 0 Å². The van der Waals surface area contributed by atoms with Crippen LogP contribution in [0.1, 0.15) is 12.6 Å². The van der Waals surface area contributed by atoms with E-state index in [9.17, 15) is 4.79 Å². The zero-order valence-electron chi connectivity index (χ0n) is 10.7. The molecule has 1 N–H and O–H groups in total. The van der Waals surface area contributed by atoms with Crippen molar-refractivity contribution in [3.63, 3.8) is 0 Å². The van der Waals surface area contributed by atoms with Gasteiger partial charge in [-0.15, -0.1) is 0 Å². The van der Waals surface area contributed by atoms with Crippen LogP contribution in [0.3, 0.4) is 0 Å². The Hall–Kier alpha value is -1.78. The summed E-state index contributed by atoms with van der Waals surface area (Å²) in [6.45, 7) is 1.68. The summed E-state index contributed by atoms with van der Waals surface area (Å²) in [4.78, 5) is 15.0. The van der Waals surface area contributed by atoms with Crippen LogP contribution in [0.4, 0.5) is 5.69 Å². The minimum absolute atomic E-state index is 0.117. The molecule has 0 aliphatic heterocycles. The fourth-order valence-electron chi connectivity index (χ4n) is 1.55. The SMILES string of the molecule is CC(=O)Nc1ccc(OCc2nc(Cl)ccc2Cl)cc1. The monoisotopic (exact) mass is 310 g/mol. The van der Waals surface area contributed by atoms with Crippen molar-refractivity contribution in [2.45, 2.75) is 13.5 Å². The third-order valence-electron chi connectivity index (χ3n) is 2.43. The number of benzene rings is 1. The summed E-state index contributed by atoms with van der Waals surface area (Å²) in [5.41, 5.74) is 1.29. The highest BCUT2D eigenvalue weighted by Crippen LogP contribution is 2.20. The molecule has 0 unspecified atom stereocenters. The second-order valence-corrected chi connectivity index (χ2v) is 4.85. The van der Waals surface area contributed by atoms with Gasteiger partial charge < -0.3 is 10.1 Å². The summed E-state index contributed by atoms with van der Waals surface area (Å²) < 4.78 is 5.57. The van der Waals surface area contributed by atoms with Crippen molar-refractivity contribution in [1.29, 1.82) is 0 Å². The third kappa shape index (κ3) is 4.11. The lowest BCUT2D eigenvalue weighted by atomic mass is 10.3. The molecule has 0 saturated heterocycles. The largest absolute Gasteiger partial charge is 0.487 e. The lowest BCUT2D eigenvalue weighted by Gasteiger charge is -2.08. The minimum Gasteiger partial charge on any atom is -0.487 e. The molecule has 1 aromatic carbocycles. The molecular weight excluding hydrogens is 299 g/mol. The van der Waals surface area contributed by atoms with Crippen LogP contribution in [-0.4, -0.2) is 10.9 Å². The van der Waals surface area contributed by atoms with Crippen molar-refractivity contribution in [3.8, 4) is 5.75 Å². The number of hydrogen-bond donors (Lipinski definition) is 1. The molecule has 20 heavy (non-hydrogen) atoms. The Balaban J connectivity index is 2.00. The summed E-state index contributed by atoms with van der Waals surface area (Å²) >= 11 is 11.8. The molecule has 0 atom stereocenters. The first-order valence-electron chi connectivity index (χ1n) is 5.86. The smallest absolute Gasteiger partial charge is 0.221 e. The van der Waals surface area contributed by atoms with Gasteiger partial charge in [0.25, 0.3) is 0 Å². The maximum Gasteiger partial charge on any atom is 0.221 e. The van der Waals surface area contributed by atoms with Gasteiger partial charge in [-0.2, -0.15) is 0 Å². The highest BCUT2D eigenvalue weighted by atomic mass is 35.5. The first-order chi connectivity index (χ1) is 9.54. The van der Waals surface area contributed by atoms with Gasteiger partial charge >= 0.3 is 0 Å². The number of amides is 1. The zero-order valence-corrected chi connectivity index (χ0v) is 12.2. The molecule has 0 saturated carbocycles. The molecule has 0 aliphatic rings. The fraction of sp³-hybridized carbons (Fsp3) is 0.143. The van der Waals surface area contributed by atoms with E-state index in [-0.39, 0.29) is 12.5 Å². The normalized spacial score (nSPS) is 10.2. The van der Waals surface area contributed by atoms with Gasteiger partial charge in [-0.1, -0.05) is 23.2 Å². The Labute approximate surface area is 126 Å². The van der Waals surface area contributed by atoms with Crippen molar-refractivity contribution >= 4 is 34.8 Å². The molecule has 0 fully saturated rings. The van der Waals surface area contributed by atoms with E-state index in [2.05, 4.69) is 10.3 Å². The molecule has 0 radical (unpaired) electrons. The standard InChI is InChI=1S/C14H12Cl2N2O2/c1-9(19)17-10-2-4-11(5-3-10)20-8-13-12(15)6-7-14(16)18-13/h2-7H,8H2,1H3,(H,17,19). The van der Waals surface area contributed by atoms with Crippen molar-refractivity contribution in [3.05, 3.63) is 52.3 Å². The van der Waals surface area contributed by atoms with E-state index in [1.807, 2.05) is 0 Å². The molecule has 104 valence electrons. The number of rotatable bonds is 4. The van der Waals surface area contributed by atoms with Gasteiger partial charge in [0.1, 0.15) is 17.5 Å². The predicted octanol–water partition coefficient (Wildman–Crippen LogP) is 3.93. The number of aromatic nitrogens is 1. The second-order valence-electron chi connectivity index (χ2n) is 4.06. The van der Waals surface area contributed by atoms with Gasteiger partial charge in [0, 0.05) is 12.6 Å². The number of pyridine rings is 1. The molecule has 4 nitrogen and oxygen atoms in total. The Kier molecular flexibility index (Phi) is 4.82. The lowest BCUT2D eigenvalue weighted by Crippen LogP contribution is -2.05. The average Bonchev–Trinajstić information content (AvgIpc) is 2.41. The van der Waals surface area contributed by atoms with Crippen molar-refractivity contribution < 1.29 is 9.53 Å². The number of carbonyl (C=O) groups is 1. The molecule has 0 aliphatic carbocycles. The number of halogens is 2. The fourth-order valence-corrected chi connectivity index (χ4v) is 1.87. The summed E-state index contributed by atoms with van der Waals surface area (Å²) in [6, 6.07) is 10.3. The first kappa shape index (κ1) is 14.6. The Morgan fingerprint density at radius 3 is 2.55 bits per heavy atom. The van der Waals surface area contributed by atoms with Crippen LogP contribution < -0.4 is 10.1 Å². The predicted molar refractivity (Wildman–Crippen MR) is 79.3 cm³/mol. The third-order valence-corrected chi connectivity index (χ3v) is 2.99. The van der Waals surface area contributed by atoms with E-state index in [1.165, 1.54) is 6.92 Å². The number of ether oxygens (including phenoxy) is 1. The van der Waals surface area contributed by atoms with Crippen LogP contribution in [0.2, 0.25) is 10.2 Å². The summed E-state index contributed by atoms with van der Waals surface area (Å²) in [5, 5.41) is 3.55. The average molecular weight is 311 g/mol. The van der Waals surface area contributed by atoms with E-state index in [0.717, 1.165) is 0 Å². The first-order valence-corrected chi connectivity index (χ1v) is 6.61. The Morgan fingerprint density at radius 1 is 1.20 bits per heavy atom. The molecule has 2 rings (SSSR count). The number of anilines is 1. The number of hydrogen-bond acceptors (Lipinski definition) is 3.